The van der Waals surface area contributed by atoms with Crippen LogP contribution in [-0.4, -0.2) is 29.2 Å². The largest absolute Gasteiger partial charge is 0.394 e. The molecule has 1 atom stereocenters. The van der Waals surface area contributed by atoms with Gasteiger partial charge in [-0.1, -0.05) is 12.8 Å². The van der Waals surface area contributed by atoms with Gasteiger partial charge in [0, 0.05) is 18.3 Å². The van der Waals surface area contributed by atoms with E-state index in [1.54, 1.807) is 6.07 Å². The Hall–Kier alpha value is -2.13. The molecule has 1 aromatic carbocycles. The van der Waals surface area contributed by atoms with E-state index in [4.69, 9.17) is 5.26 Å². The highest BCUT2D eigenvalue weighted by atomic mass is 16.6. The second-order valence-corrected chi connectivity index (χ2v) is 4.95. The molecule has 1 aliphatic heterocycles. The van der Waals surface area contributed by atoms with Gasteiger partial charge in [0.25, 0.3) is 5.69 Å². The Morgan fingerprint density at radius 2 is 2.25 bits per heavy atom. The lowest BCUT2D eigenvalue weighted by Crippen LogP contribution is -2.37. The smallest absolute Gasteiger partial charge is 0.289 e. The van der Waals surface area contributed by atoms with Crippen LogP contribution in [0.15, 0.2) is 18.2 Å². The molecule has 0 bridgehead atoms. The number of hydrogen-bond acceptors (Lipinski definition) is 5. The Morgan fingerprint density at radius 3 is 2.90 bits per heavy atom. The Labute approximate surface area is 117 Å². The highest BCUT2D eigenvalue weighted by Gasteiger charge is 2.23. The van der Waals surface area contributed by atoms with Crippen LogP contribution in [0.4, 0.5) is 11.4 Å². The Morgan fingerprint density at radius 1 is 1.45 bits per heavy atom. The standard InChI is InChI=1S/C14H17N3O3/c15-9-11-5-6-12(8-14(11)17(19)20)16-7-3-1-2-4-13(16)10-18/h5-6,8,13,18H,1-4,7,10H2. The van der Waals surface area contributed by atoms with E-state index in [1.165, 1.54) is 12.1 Å². The van der Waals surface area contributed by atoms with Crippen molar-refractivity contribution >= 4 is 11.4 Å². The molecular weight excluding hydrogens is 258 g/mol. The summed E-state index contributed by atoms with van der Waals surface area (Å²) in [4.78, 5) is 12.5. The van der Waals surface area contributed by atoms with Gasteiger partial charge in [-0.15, -0.1) is 0 Å². The second kappa shape index (κ2) is 6.35. The molecule has 0 spiro atoms. The monoisotopic (exact) mass is 275 g/mol. The van der Waals surface area contributed by atoms with Crippen molar-refractivity contribution in [1.82, 2.24) is 0 Å². The van der Waals surface area contributed by atoms with Crippen molar-refractivity contribution in [3.05, 3.63) is 33.9 Å². The van der Waals surface area contributed by atoms with E-state index >= 15 is 0 Å². The van der Waals surface area contributed by atoms with Gasteiger partial charge in [-0.05, 0) is 25.0 Å². The lowest BCUT2D eigenvalue weighted by atomic mass is 10.1. The second-order valence-electron chi connectivity index (χ2n) is 4.95. The van der Waals surface area contributed by atoms with E-state index in [2.05, 4.69) is 0 Å². The molecule has 0 saturated carbocycles. The molecule has 1 heterocycles. The molecule has 6 heteroatoms. The van der Waals surface area contributed by atoms with Gasteiger partial charge in [0.2, 0.25) is 0 Å². The van der Waals surface area contributed by atoms with Crippen molar-refractivity contribution in [3.63, 3.8) is 0 Å². The van der Waals surface area contributed by atoms with Crippen LogP contribution < -0.4 is 4.90 Å². The zero-order chi connectivity index (χ0) is 14.5. The van der Waals surface area contributed by atoms with Crippen LogP contribution in [0.3, 0.4) is 0 Å². The molecule has 6 nitrogen and oxygen atoms in total. The SMILES string of the molecule is N#Cc1ccc(N2CCCCCC2CO)cc1[N+](=O)[O-]. The maximum atomic E-state index is 11.0. The van der Waals surface area contributed by atoms with E-state index in [9.17, 15) is 15.2 Å². The number of aliphatic hydroxyl groups is 1. The van der Waals surface area contributed by atoms with Gasteiger partial charge in [0.15, 0.2) is 0 Å². The van der Waals surface area contributed by atoms with E-state index in [0.717, 1.165) is 32.2 Å². The van der Waals surface area contributed by atoms with Gasteiger partial charge in [-0.3, -0.25) is 10.1 Å². The van der Waals surface area contributed by atoms with Crippen LogP contribution in [0, 0.1) is 21.4 Å². The number of nitro benzene ring substituents is 1. The summed E-state index contributed by atoms with van der Waals surface area (Å²) < 4.78 is 0. The quantitative estimate of drug-likeness (QED) is 0.674. The van der Waals surface area contributed by atoms with Crippen molar-refractivity contribution in [3.8, 4) is 6.07 Å². The lowest BCUT2D eigenvalue weighted by molar-refractivity contribution is -0.385. The molecule has 0 amide bonds. The fourth-order valence-corrected chi connectivity index (χ4v) is 2.65. The molecule has 106 valence electrons. The molecule has 1 saturated heterocycles. The predicted octanol–water partition coefficient (Wildman–Crippen LogP) is 2.21. The number of benzene rings is 1. The van der Waals surface area contributed by atoms with Gasteiger partial charge in [-0.25, -0.2) is 0 Å². The number of nitriles is 1. The molecule has 1 fully saturated rings. The van der Waals surface area contributed by atoms with Gasteiger partial charge in [0.1, 0.15) is 11.6 Å². The zero-order valence-electron chi connectivity index (χ0n) is 11.2. The van der Waals surface area contributed by atoms with Crippen LogP contribution in [0.2, 0.25) is 0 Å². The fraction of sp³-hybridized carbons (Fsp3) is 0.500. The van der Waals surface area contributed by atoms with Crippen molar-refractivity contribution in [2.24, 2.45) is 0 Å². The molecule has 20 heavy (non-hydrogen) atoms. The molecular formula is C14H17N3O3. The lowest BCUT2D eigenvalue weighted by Gasteiger charge is -2.30. The Kier molecular flexibility index (Phi) is 4.53. The number of nitrogens with zero attached hydrogens (tertiary/aromatic N) is 3. The molecule has 1 N–H and O–H groups in total. The molecule has 1 aromatic rings. The summed E-state index contributed by atoms with van der Waals surface area (Å²) >= 11 is 0. The van der Waals surface area contributed by atoms with E-state index in [1.807, 2.05) is 11.0 Å². The van der Waals surface area contributed by atoms with Crippen molar-refractivity contribution in [2.45, 2.75) is 31.7 Å². The van der Waals surface area contributed by atoms with E-state index in [-0.39, 0.29) is 23.9 Å². The zero-order valence-corrected chi connectivity index (χ0v) is 11.2. The summed E-state index contributed by atoms with van der Waals surface area (Å²) in [5.74, 6) is 0. The summed E-state index contributed by atoms with van der Waals surface area (Å²) in [5, 5.41) is 29.4. The van der Waals surface area contributed by atoms with Gasteiger partial charge >= 0.3 is 0 Å². The highest BCUT2D eigenvalue weighted by Crippen LogP contribution is 2.29. The summed E-state index contributed by atoms with van der Waals surface area (Å²) in [6.07, 6.45) is 4.04. The van der Waals surface area contributed by atoms with Crippen LogP contribution in [0.1, 0.15) is 31.2 Å². The van der Waals surface area contributed by atoms with Crippen molar-refractivity contribution in [1.29, 1.82) is 5.26 Å². The maximum absolute atomic E-state index is 11.0. The van der Waals surface area contributed by atoms with Gasteiger partial charge in [-0.2, -0.15) is 5.26 Å². The van der Waals surface area contributed by atoms with Crippen LogP contribution in [0.25, 0.3) is 0 Å². The fourth-order valence-electron chi connectivity index (χ4n) is 2.65. The first-order valence-corrected chi connectivity index (χ1v) is 6.73. The number of anilines is 1. The number of hydrogen-bond donors (Lipinski definition) is 1. The first-order chi connectivity index (χ1) is 9.67. The maximum Gasteiger partial charge on any atom is 0.289 e. The summed E-state index contributed by atoms with van der Waals surface area (Å²) in [6.45, 7) is 0.808. The predicted molar refractivity (Wildman–Crippen MR) is 74.5 cm³/mol. The molecule has 1 unspecified atom stereocenters. The first kappa shape index (κ1) is 14.3. The Bertz CT molecular complexity index is 539. The van der Waals surface area contributed by atoms with Crippen LogP contribution >= 0.6 is 0 Å². The molecule has 0 radical (unpaired) electrons. The van der Waals surface area contributed by atoms with E-state index < -0.39 is 4.92 Å². The third-order valence-electron chi connectivity index (χ3n) is 3.72. The average Bonchev–Trinajstić information content (AvgIpc) is 2.71. The van der Waals surface area contributed by atoms with Crippen molar-refractivity contribution in [2.75, 3.05) is 18.1 Å². The minimum atomic E-state index is -0.534. The number of nitro groups is 1. The minimum Gasteiger partial charge on any atom is -0.394 e. The summed E-state index contributed by atoms with van der Waals surface area (Å²) in [6, 6.07) is 6.46. The van der Waals surface area contributed by atoms with Gasteiger partial charge in [0.05, 0.1) is 17.6 Å². The minimum absolute atomic E-state index is 0.00922. The molecule has 2 rings (SSSR count). The third kappa shape index (κ3) is 2.89. The average molecular weight is 275 g/mol. The number of rotatable bonds is 3. The topological polar surface area (TPSA) is 90.4 Å². The third-order valence-corrected chi connectivity index (χ3v) is 3.72. The van der Waals surface area contributed by atoms with Crippen LogP contribution in [-0.2, 0) is 0 Å². The summed E-state index contributed by atoms with van der Waals surface area (Å²) in [7, 11) is 0. The Balaban J connectivity index is 2.38. The van der Waals surface area contributed by atoms with Gasteiger partial charge < -0.3 is 10.0 Å². The first-order valence-electron chi connectivity index (χ1n) is 6.73. The molecule has 0 aromatic heterocycles. The molecule has 0 aliphatic carbocycles. The van der Waals surface area contributed by atoms with E-state index in [0.29, 0.717) is 5.69 Å². The molecule has 1 aliphatic rings. The normalized spacial score (nSPS) is 19.2. The highest BCUT2D eigenvalue weighted by molar-refractivity contribution is 5.60. The van der Waals surface area contributed by atoms with Crippen LogP contribution in [0.5, 0.6) is 0 Å². The van der Waals surface area contributed by atoms with Crippen molar-refractivity contribution < 1.29 is 10.0 Å². The summed E-state index contributed by atoms with van der Waals surface area (Å²) in [5.41, 5.74) is 0.594. The number of aliphatic hydroxyl groups excluding tert-OH is 1.